The normalized spacial score (nSPS) is 21.0. The van der Waals surface area contributed by atoms with Crippen molar-refractivity contribution < 1.29 is 23.2 Å². The lowest BCUT2D eigenvalue weighted by Crippen LogP contribution is -2.45. The number of rotatable bonds is 2. The fourth-order valence-corrected chi connectivity index (χ4v) is 2.82. The molecule has 1 aromatic rings. The number of nitro benzene ring substituents is 1. The van der Waals surface area contributed by atoms with Crippen LogP contribution >= 0.6 is 0 Å². The quantitative estimate of drug-likeness (QED) is 0.619. The smallest absolute Gasteiger partial charge is 0.275 e. The van der Waals surface area contributed by atoms with Crippen molar-refractivity contribution >= 4 is 11.4 Å². The van der Waals surface area contributed by atoms with Gasteiger partial charge < -0.3 is 14.4 Å². The predicted molar refractivity (Wildman–Crippen MR) is 69.1 cm³/mol. The van der Waals surface area contributed by atoms with Crippen LogP contribution in [0.15, 0.2) is 12.1 Å². The number of hydrogen-bond donors (Lipinski definition) is 0. The lowest BCUT2D eigenvalue weighted by Gasteiger charge is -2.38. The number of halogens is 2. The molecule has 3 rings (SSSR count). The van der Waals surface area contributed by atoms with E-state index in [4.69, 9.17) is 9.47 Å². The third-order valence-electron chi connectivity index (χ3n) is 3.87. The molecule has 8 heteroatoms. The number of hydrogen-bond acceptors (Lipinski definition) is 5. The third kappa shape index (κ3) is 2.56. The zero-order chi connectivity index (χ0) is 15.0. The topological polar surface area (TPSA) is 64.8 Å². The van der Waals surface area contributed by atoms with Gasteiger partial charge in [0.1, 0.15) is 5.69 Å². The molecule has 6 nitrogen and oxygen atoms in total. The first kappa shape index (κ1) is 14.2. The van der Waals surface area contributed by atoms with Crippen LogP contribution in [0.1, 0.15) is 12.8 Å². The Bertz CT molecular complexity index is 542. The molecule has 2 heterocycles. The summed E-state index contributed by atoms with van der Waals surface area (Å²) in [6.45, 7) is 1.79. The molecule has 0 aliphatic carbocycles. The van der Waals surface area contributed by atoms with Crippen LogP contribution in [0.3, 0.4) is 0 Å². The van der Waals surface area contributed by atoms with Crippen molar-refractivity contribution in [3.05, 3.63) is 33.9 Å². The van der Waals surface area contributed by atoms with Gasteiger partial charge >= 0.3 is 0 Å². The lowest BCUT2D eigenvalue weighted by molar-refractivity contribution is -0.385. The Morgan fingerprint density at radius 3 is 2.14 bits per heavy atom. The van der Waals surface area contributed by atoms with Gasteiger partial charge in [0.25, 0.3) is 5.69 Å². The SMILES string of the molecule is O=[N+]([O-])c1cc(F)c(N2CCC3(CC2)OCCO3)c(F)c1. The highest BCUT2D eigenvalue weighted by atomic mass is 19.1. The summed E-state index contributed by atoms with van der Waals surface area (Å²) in [6.07, 6.45) is 1.01. The Balaban J connectivity index is 1.80. The fourth-order valence-electron chi connectivity index (χ4n) is 2.82. The Morgan fingerprint density at radius 2 is 1.67 bits per heavy atom. The van der Waals surface area contributed by atoms with Crippen LogP contribution < -0.4 is 4.90 Å². The molecular formula is C13H14F2N2O4. The summed E-state index contributed by atoms with van der Waals surface area (Å²) < 4.78 is 39.1. The summed E-state index contributed by atoms with van der Waals surface area (Å²) in [6, 6.07) is 1.48. The Hall–Kier alpha value is -1.80. The van der Waals surface area contributed by atoms with Crippen LogP contribution in [0, 0.1) is 21.7 Å². The van der Waals surface area contributed by atoms with Gasteiger partial charge in [-0.3, -0.25) is 10.1 Å². The van der Waals surface area contributed by atoms with E-state index in [9.17, 15) is 18.9 Å². The van der Waals surface area contributed by atoms with Gasteiger partial charge in [0.05, 0.1) is 30.3 Å². The molecule has 2 saturated heterocycles. The van der Waals surface area contributed by atoms with E-state index < -0.39 is 28.0 Å². The maximum absolute atomic E-state index is 14.0. The Morgan fingerprint density at radius 1 is 1.14 bits per heavy atom. The summed E-state index contributed by atoms with van der Waals surface area (Å²) in [7, 11) is 0. The van der Waals surface area contributed by atoms with Crippen LogP contribution in [0.5, 0.6) is 0 Å². The maximum Gasteiger partial charge on any atom is 0.275 e. The Labute approximate surface area is 119 Å². The molecule has 1 aromatic carbocycles. The zero-order valence-corrected chi connectivity index (χ0v) is 11.2. The summed E-state index contributed by atoms with van der Waals surface area (Å²) in [5.41, 5.74) is -0.821. The first-order valence-electron chi connectivity index (χ1n) is 6.67. The average molecular weight is 300 g/mol. The summed E-state index contributed by atoms with van der Waals surface area (Å²) in [4.78, 5) is 11.3. The molecule has 2 aliphatic heterocycles. The van der Waals surface area contributed by atoms with E-state index in [1.165, 1.54) is 4.90 Å². The minimum Gasteiger partial charge on any atom is -0.366 e. The van der Waals surface area contributed by atoms with Crippen molar-refractivity contribution in [2.45, 2.75) is 18.6 Å². The molecule has 2 fully saturated rings. The second kappa shape index (κ2) is 5.19. The summed E-state index contributed by atoms with van der Waals surface area (Å²) >= 11 is 0. The van der Waals surface area contributed by atoms with Gasteiger partial charge in [0, 0.05) is 25.9 Å². The van der Waals surface area contributed by atoms with E-state index in [0.29, 0.717) is 39.1 Å². The molecule has 0 saturated carbocycles. The number of anilines is 1. The standard InChI is InChI=1S/C13H14F2N2O4/c14-10-7-9(17(18)19)8-11(15)12(10)16-3-1-13(2-4-16)20-5-6-21-13/h7-8H,1-6H2. The lowest BCUT2D eigenvalue weighted by atomic mass is 10.0. The summed E-state index contributed by atoms with van der Waals surface area (Å²) in [5, 5.41) is 10.6. The summed E-state index contributed by atoms with van der Waals surface area (Å²) in [5.74, 6) is -2.48. The molecule has 114 valence electrons. The van der Waals surface area contributed by atoms with Crippen molar-refractivity contribution in [2.24, 2.45) is 0 Å². The van der Waals surface area contributed by atoms with Crippen molar-refractivity contribution in [3.63, 3.8) is 0 Å². The largest absolute Gasteiger partial charge is 0.366 e. The van der Waals surface area contributed by atoms with E-state index in [1.807, 2.05) is 0 Å². The van der Waals surface area contributed by atoms with Gasteiger partial charge in [-0.2, -0.15) is 0 Å². The van der Waals surface area contributed by atoms with Crippen LogP contribution in [0.25, 0.3) is 0 Å². The molecule has 21 heavy (non-hydrogen) atoms. The van der Waals surface area contributed by atoms with E-state index in [2.05, 4.69) is 0 Å². The number of ether oxygens (including phenoxy) is 2. The second-order valence-corrected chi connectivity index (χ2v) is 5.11. The van der Waals surface area contributed by atoms with Gasteiger partial charge in [-0.25, -0.2) is 8.78 Å². The first-order valence-corrected chi connectivity index (χ1v) is 6.67. The van der Waals surface area contributed by atoms with Crippen LogP contribution in [0.2, 0.25) is 0 Å². The number of non-ortho nitro benzene ring substituents is 1. The molecule has 0 radical (unpaired) electrons. The van der Waals surface area contributed by atoms with Crippen LogP contribution in [0.4, 0.5) is 20.2 Å². The minimum absolute atomic E-state index is 0.228. The third-order valence-corrected chi connectivity index (χ3v) is 3.87. The van der Waals surface area contributed by atoms with E-state index in [1.54, 1.807) is 0 Å². The highest BCUT2D eigenvalue weighted by molar-refractivity contribution is 5.54. The van der Waals surface area contributed by atoms with Crippen molar-refractivity contribution in [1.82, 2.24) is 0 Å². The Kier molecular flexibility index (Phi) is 3.50. The molecule has 2 aliphatic rings. The van der Waals surface area contributed by atoms with E-state index >= 15 is 0 Å². The molecule has 0 bridgehead atoms. The average Bonchev–Trinajstić information content (AvgIpc) is 2.88. The molecule has 0 atom stereocenters. The second-order valence-electron chi connectivity index (χ2n) is 5.11. The van der Waals surface area contributed by atoms with Crippen molar-refractivity contribution in [3.8, 4) is 0 Å². The van der Waals surface area contributed by atoms with Gasteiger partial charge in [-0.15, -0.1) is 0 Å². The number of piperidine rings is 1. The molecular weight excluding hydrogens is 286 g/mol. The van der Waals surface area contributed by atoms with Gasteiger partial charge in [0.2, 0.25) is 0 Å². The monoisotopic (exact) mass is 300 g/mol. The van der Waals surface area contributed by atoms with Crippen LogP contribution in [-0.4, -0.2) is 37.0 Å². The first-order chi connectivity index (χ1) is 10.0. The number of nitro groups is 1. The maximum atomic E-state index is 14.0. The highest BCUT2D eigenvalue weighted by Crippen LogP contribution is 2.35. The van der Waals surface area contributed by atoms with Crippen molar-refractivity contribution in [2.75, 3.05) is 31.2 Å². The van der Waals surface area contributed by atoms with Gasteiger partial charge in [0.15, 0.2) is 17.4 Å². The van der Waals surface area contributed by atoms with Gasteiger partial charge in [-0.1, -0.05) is 0 Å². The zero-order valence-electron chi connectivity index (χ0n) is 11.2. The molecule has 1 spiro atoms. The molecule has 0 amide bonds. The van der Waals surface area contributed by atoms with E-state index in [0.717, 1.165) is 12.1 Å². The highest BCUT2D eigenvalue weighted by Gasteiger charge is 2.40. The molecule has 0 unspecified atom stereocenters. The number of nitrogens with zero attached hydrogens (tertiary/aromatic N) is 2. The van der Waals surface area contributed by atoms with Gasteiger partial charge in [-0.05, 0) is 0 Å². The predicted octanol–water partition coefficient (Wildman–Crippen LogP) is 2.22. The van der Waals surface area contributed by atoms with Crippen molar-refractivity contribution in [1.29, 1.82) is 0 Å². The molecule has 0 aromatic heterocycles. The number of benzene rings is 1. The molecule has 0 N–H and O–H groups in total. The minimum atomic E-state index is -0.925. The van der Waals surface area contributed by atoms with Crippen LogP contribution in [-0.2, 0) is 9.47 Å². The van der Waals surface area contributed by atoms with E-state index in [-0.39, 0.29) is 5.69 Å². The fraction of sp³-hybridized carbons (Fsp3) is 0.538.